The number of halogens is 3. The van der Waals surface area contributed by atoms with E-state index in [9.17, 15) is 13.2 Å². The van der Waals surface area contributed by atoms with Crippen molar-refractivity contribution in [1.29, 1.82) is 0 Å². The molecule has 0 aliphatic rings. The van der Waals surface area contributed by atoms with Crippen molar-refractivity contribution in [3.05, 3.63) is 0 Å². The van der Waals surface area contributed by atoms with Gasteiger partial charge in [0.1, 0.15) is 5.54 Å². The monoisotopic (exact) mass is 183 g/mol. The van der Waals surface area contributed by atoms with Crippen molar-refractivity contribution in [3.63, 3.8) is 0 Å². The van der Waals surface area contributed by atoms with Gasteiger partial charge in [0.2, 0.25) is 0 Å². The molecule has 74 valence electrons. The van der Waals surface area contributed by atoms with E-state index in [0.717, 1.165) is 0 Å². The van der Waals surface area contributed by atoms with Crippen LogP contribution in [0.25, 0.3) is 0 Å². The molecule has 0 spiro atoms. The van der Waals surface area contributed by atoms with E-state index in [2.05, 4.69) is 5.32 Å². The predicted molar refractivity (Wildman–Crippen MR) is 43.0 cm³/mol. The van der Waals surface area contributed by atoms with E-state index in [1.54, 1.807) is 20.8 Å². The lowest BCUT2D eigenvalue weighted by Gasteiger charge is -2.34. The van der Waals surface area contributed by atoms with E-state index in [1.165, 1.54) is 0 Å². The third-order valence-corrected chi connectivity index (χ3v) is 2.26. The molecule has 0 aromatic heterocycles. The minimum atomic E-state index is -4.15. The van der Waals surface area contributed by atoms with E-state index in [0.29, 0.717) is 6.54 Å². The number of hydrogen-bond donors (Lipinski definition) is 1. The van der Waals surface area contributed by atoms with E-state index >= 15 is 0 Å². The zero-order valence-electron chi connectivity index (χ0n) is 7.76. The molecule has 0 aromatic rings. The highest BCUT2D eigenvalue weighted by Crippen LogP contribution is 2.35. The third kappa shape index (κ3) is 2.12. The molecule has 4 heteroatoms. The van der Waals surface area contributed by atoms with E-state index < -0.39 is 11.7 Å². The number of hydrogen-bond acceptors (Lipinski definition) is 1. The molecule has 0 saturated heterocycles. The number of rotatable bonds is 4. The molecule has 0 radical (unpaired) electrons. The molecule has 0 fully saturated rings. The van der Waals surface area contributed by atoms with Gasteiger partial charge in [-0.15, -0.1) is 0 Å². The molecule has 0 saturated carbocycles. The normalized spacial score (nSPS) is 13.5. The molecule has 1 nitrogen and oxygen atoms in total. The molecule has 1 N–H and O–H groups in total. The molecule has 0 amide bonds. The average Bonchev–Trinajstić information content (AvgIpc) is 1.98. The maximum absolute atomic E-state index is 12.5. The van der Waals surface area contributed by atoms with Crippen LogP contribution in [0.4, 0.5) is 13.2 Å². The van der Waals surface area contributed by atoms with Crippen LogP contribution in [-0.2, 0) is 0 Å². The largest absolute Gasteiger partial charge is 0.406 e. The summed E-state index contributed by atoms with van der Waals surface area (Å²) in [4.78, 5) is 0. The van der Waals surface area contributed by atoms with Gasteiger partial charge in [0.05, 0.1) is 0 Å². The Kier molecular flexibility index (Phi) is 4.03. The highest BCUT2D eigenvalue weighted by molar-refractivity contribution is 4.92. The summed E-state index contributed by atoms with van der Waals surface area (Å²) in [6.07, 6.45) is -3.98. The third-order valence-electron chi connectivity index (χ3n) is 2.26. The molecular formula is C8H16F3N. The SMILES string of the molecule is CCNC(CC)(CC)C(F)(F)F. The second kappa shape index (κ2) is 4.12. The zero-order valence-corrected chi connectivity index (χ0v) is 7.76. The van der Waals surface area contributed by atoms with Gasteiger partial charge < -0.3 is 5.32 Å². The van der Waals surface area contributed by atoms with Crippen LogP contribution in [0.15, 0.2) is 0 Å². The van der Waals surface area contributed by atoms with Crippen LogP contribution in [0.3, 0.4) is 0 Å². The van der Waals surface area contributed by atoms with Gasteiger partial charge >= 0.3 is 6.18 Å². The standard InChI is InChI=1S/C8H16F3N/c1-4-7(5-2,12-6-3)8(9,10)11/h12H,4-6H2,1-3H3. The Morgan fingerprint density at radius 2 is 1.42 bits per heavy atom. The lowest BCUT2D eigenvalue weighted by molar-refractivity contribution is -0.198. The average molecular weight is 183 g/mol. The van der Waals surface area contributed by atoms with Crippen molar-refractivity contribution in [2.75, 3.05) is 6.54 Å². The van der Waals surface area contributed by atoms with Crippen LogP contribution in [0.2, 0.25) is 0 Å². The fourth-order valence-electron chi connectivity index (χ4n) is 1.34. The van der Waals surface area contributed by atoms with E-state index in [-0.39, 0.29) is 12.8 Å². The van der Waals surface area contributed by atoms with Crippen molar-refractivity contribution < 1.29 is 13.2 Å². The molecule has 0 aliphatic heterocycles. The summed E-state index contributed by atoms with van der Waals surface area (Å²) >= 11 is 0. The van der Waals surface area contributed by atoms with Gasteiger partial charge in [-0.25, -0.2) is 0 Å². The Balaban J connectivity index is 4.57. The molecule has 0 aliphatic carbocycles. The fourth-order valence-corrected chi connectivity index (χ4v) is 1.34. The van der Waals surface area contributed by atoms with Crippen molar-refractivity contribution in [2.45, 2.75) is 45.3 Å². The maximum Gasteiger partial charge on any atom is 0.406 e. The summed E-state index contributed by atoms with van der Waals surface area (Å²) < 4.78 is 37.5. The summed E-state index contributed by atoms with van der Waals surface area (Å²) in [6, 6.07) is 0. The first kappa shape index (κ1) is 11.8. The maximum atomic E-state index is 12.5. The highest BCUT2D eigenvalue weighted by Gasteiger charge is 2.51. The summed E-state index contributed by atoms with van der Waals surface area (Å²) in [5.41, 5.74) is -1.68. The molecule has 0 aromatic carbocycles. The number of nitrogens with one attached hydrogen (secondary N) is 1. The highest BCUT2D eigenvalue weighted by atomic mass is 19.4. The van der Waals surface area contributed by atoms with Crippen molar-refractivity contribution >= 4 is 0 Å². The van der Waals surface area contributed by atoms with Crippen molar-refractivity contribution in [1.82, 2.24) is 5.32 Å². The molecule has 12 heavy (non-hydrogen) atoms. The van der Waals surface area contributed by atoms with Gasteiger partial charge in [-0.05, 0) is 19.4 Å². The topological polar surface area (TPSA) is 12.0 Å². The van der Waals surface area contributed by atoms with Crippen molar-refractivity contribution in [2.24, 2.45) is 0 Å². The fraction of sp³-hybridized carbons (Fsp3) is 1.00. The molecule has 0 atom stereocenters. The predicted octanol–water partition coefficient (Wildman–Crippen LogP) is 2.72. The Morgan fingerprint density at radius 1 is 1.00 bits per heavy atom. The van der Waals surface area contributed by atoms with Gasteiger partial charge in [0, 0.05) is 0 Å². The van der Waals surface area contributed by atoms with Crippen LogP contribution in [-0.4, -0.2) is 18.3 Å². The van der Waals surface area contributed by atoms with Gasteiger partial charge in [-0.2, -0.15) is 13.2 Å². The van der Waals surface area contributed by atoms with E-state index in [1.807, 2.05) is 0 Å². The molecule has 0 rings (SSSR count). The first-order chi connectivity index (χ1) is 5.43. The summed E-state index contributed by atoms with van der Waals surface area (Å²) in [6.45, 7) is 5.15. The Labute approximate surface area is 71.3 Å². The molecular weight excluding hydrogens is 167 g/mol. The summed E-state index contributed by atoms with van der Waals surface area (Å²) in [7, 11) is 0. The van der Waals surface area contributed by atoms with E-state index in [4.69, 9.17) is 0 Å². The second-order valence-electron chi connectivity index (χ2n) is 2.82. The summed E-state index contributed by atoms with van der Waals surface area (Å²) in [5, 5.41) is 2.51. The van der Waals surface area contributed by atoms with Crippen LogP contribution in [0, 0.1) is 0 Å². The zero-order chi connectivity index (χ0) is 9.83. The van der Waals surface area contributed by atoms with Gasteiger partial charge in [0.15, 0.2) is 0 Å². The summed E-state index contributed by atoms with van der Waals surface area (Å²) in [5.74, 6) is 0. The van der Waals surface area contributed by atoms with Crippen LogP contribution < -0.4 is 5.32 Å². The molecule has 0 heterocycles. The Morgan fingerprint density at radius 3 is 1.50 bits per heavy atom. The van der Waals surface area contributed by atoms with Crippen LogP contribution >= 0.6 is 0 Å². The molecule has 0 bridgehead atoms. The van der Waals surface area contributed by atoms with Gasteiger partial charge in [0.25, 0.3) is 0 Å². The number of alkyl halides is 3. The van der Waals surface area contributed by atoms with Gasteiger partial charge in [-0.1, -0.05) is 20.8 Å². The Hall–Kier alpha value is -0.250. The lowest BCUT2D eigenvalue weighted by atomic mass is 9.92. The first-order valence-corrected chi connectivity index (χ1v) is 4.25. The second-order valence-corrected chi connectivity index (χ2v) is 2.82. The van der Waals surface area contributed by atoms with Crippen molar-refractivity contribution in [3.8, 4) is 0 Å². The van der Waals surface area contributed by atoms with Crippen LogP contribution in [0.1, 0.15) is 33.6 Å². The first-order valence-electron chi connectivity index (χ1n) is 4.25. The quantitative estimate of drug-likeness (QED) is 0.706. The minimum Gasteiger partial charge on any atom is -0.304 e. The minimum absolute atomic E-state index is 0.0842. The molecule has 0 unspecified atom stereocenters. The smallest absolute Gasteiger partial charge is 0.304 e. The van der Waals surface area contributed by atoms with Gasteiger partial charge in [-0.3, -0.25) is 0 Å². The van der Waals surface area contributed by atoms with Crippen LogP contribution in [0.5, 0.6) is 0 Å². The lowest BCUT2D eigenvalue weighted by Crippen LogP contribution is -2.55. The Bertz CT molecular complexity index is 127.